The second kappa shape index (κ2) is 3.17. The summed E-state index contributed by atoms with van der Waals surface area (Å²) in [7, 11) is 1.97. The molecule has 0 atom stereocenters. The summed E-state index contributed by atoms with van der Waals surface area (Å²) in [5, 5.41) is 9.17. The first kappa shape index (κ1) is 9.34. The Labute approximate surface area is 86.9 Å². The topological polar surface area (TPSA) is 40.5 Å². The Balaban J connectivity index is 2.55. The van der Waals surface area contributed by atoms with E-state index in [1.165, 1.54) is 0 Å². The summed E-state index contributed by atoms with van der Waals surface area (Å²) in [4.78, 5) is 12.9. The molecule has 0 fully saturated rings. The van der Waals surface area contributed by atoms with Gasteiger partial charge in [0.15, 0.2) is 0 Å². The number of anilines is 1. The van der Waals surface area contributed by atoms with Crippen molar-refractivity contribution in [3.63, 3.8) is 0 Å². The maximum absolute atomic E-state index is 10.8. The number of aromatic carboxylic acids is 1. The molecule has 1 aliphatic rings. The summed E-state index contributed by atoms with van der Waals surface area (Å²) in [6.45, 7) is 0.925. The van der Waals surface area contributed by atoms with E-state index in [0.717, 1.165) is 24.2 Å². The minimum absolute atomic E-state index is 0.195. The highest BCUT2D eigenvalue weighted by atomic mass is 35.5. The van der Waals surface area contributed by atoms with E-state index in [0.29, 0.717) is 5.02 Å². The highest BCUT2D eigenvalue weighted by Gasteiger charge is 2.20. The van der Waals surface area contributed by atoms with E-state index in [9.17, 15) is 4.79 Å². The van der Waals surface area contributed by atoms with E-state index in [1.54, 1.807) is 12.1 Å². The molecule has 0 radical (unpaired) electrons. The second-order valence-electron chi connectivity index (χ2n) is 3.44. The van der Waals surface area contributed by atoms with Crippen LogP contribution >= 0.6 is 11.6 Å². The highest BCUT2D eigenvalue weighted by Crippen LogP contribution is 2.32. The lowest BCUT2D eigenvalue weighted by Gasteiger charge is -2.12. The van der Waals surface area contributed by atoms with E-state index in [-0.39, 0.29) is 5.56 Å². The van der Waals surface area contributed by atoms with Gasteiger partial charge in [-0.25, -0.2) is 4.79 Å². The lowest BCUT2D eigenvalue weighted by molar-refractivity contribution is 0.0697. The van der Waals surface area contributed by atoms with Crippen LogP contribution in [0.3, 0.4) is 0 Å². The van der Waals surface area contributed by atoms with Crippen molar-refractivity contribution in [1.29, 1.82) is 0 Å². The quantitative estimate of drug-likeness (QED) is 0.773. The first-order chi connectivity index (χ1) is 6.59. The molecule has 1 heterocycles. The zero-order valence-corrected chi connectivity index (χ0v) is 8.51. The van der Waals surface area contributed by atoms with Crippen LogP contribution in [0, 0.1) is 0 Å². The molecule has 0 amide bonds. The van der Waals surface area contributed by atoms with Gasteiger partial charge in [0.2, 0.25) is 0 Å². The third-order valence-electron chi connectivity index (χ3n) is 2.53. The van der Waals surface area contributed by atoms with Crippen LogP contribution in [-0.2, 0) is 6.42 Å². The number of benzene rings is 1. The summed E-state index contributed by atoms with van der Waals surface area (Å²) in [6, 6.07) is 3.40. The number of fused-ring (bicyclic) bond motifs is 1. The van der Waals surface area contributed by atoms with Crippen LogP contribution in [0.15, 0.2) is 12.1 Å². The van der Waals surface area contributed by atoms with Crippen molar-refractivity contribution in [1.82, 2.24) is 0 Å². The molecule has 0 saturated heterocycles. The molecule has 1 aromatic carbocycles. The van der Waals surface area contributed by atoms with Crippen LogP contribution < -0.4 is 4.90 Å². The summed E-state index contributed by atoms with van der Waals surface area (Å²) < 4.78 is 0. The Morgan fingerprint density at radius 3 is 2.93 bits per heavy atom. The van der Waals surface area contributed by atoms with Crippen molar-refractivity contribution < 1.29 is 9.90 Å². The number of carboxylic acids is 1. The number of rotatable bonds is 1. The van der Waals surface area contributed by atoms with Gasteiger partial charge in [0.05, 0.1) is 10.6 Å². The van der Waals surface area contributed by atoms with Crippen LogP contribution in [-0.4, -0.2) is 24.7 Å². The number of hydrogen-bond donors (Lipinski definition) is 1. The van der Waals surface area contributed by atoms with Gasteiger partial charge in [-0.15, -0.1) is 0 Å². The summed E-state index contributed by atoms with van der Waals surface area (Å²) >= 11 is 5.86. The summed E-state index contributed by atoms with van der Waals surface area (Å²) in [6.07, 6.45) is 0.892. The number of carboxylic acid groups (broad SMARTS) is 1. The van der Waals surface area contributed by atoms with E-state index >= 15 is 0 Å². The molecule has 1 aliphatic heterocycles. The molecule has 74 valence electrons. The second-order valence-corrected chi connectivity index (χ2v) is 3.84. The van der Waals surface area contributed by atoms with Gasteiger partial charge in [0.1, 0.15) is 0 Å². The molecule has 3 nitrogen and oxygen atoms in total. The van der Waals surface area contributed by atoms with Gasteiger partial charge in [-0.05, 0) is 24.1 Å². The van der Waals surface area contributed by atoms with Crippen LogP contribution in [0.1, 0.15) is 15.9 Å². The molecule has 0 unspecified atom stereocenters. The number of carbonyl (C=O) groups is 1. The van der Waals surface area contributed by atoms with Gasteiger partial charge in [-0.2, -0.15) is 0 Å². The number of hydrogen-bond acceptors (Lipinski definition) is 2. The third-order valence-corrected chi connectivity index (χ3v) is 2.84. The predicted molar refractivity (Wildman–Crippen MR) is 55.4 cm³/mol. The fourth-order valence-electron chi connectivity index (χ4n) is 1.74. The van der Waals surface area contributed by atoms with E-state index in [4.69, 9.17) is 16.7 Å². The van der Waals surface area contributed by atoms with Crippen molar-refractivity contribution in [2.75, 3.05) is 18.5 Å². The normalized spacial score (nSPS) is 14.3. The van der Waals surface area contributed by atoms with E-state index in [1.807, 2.05) is 7.05 Å². The number of nitrogens with zero attached hydrogens (tertiary/aromatic N) is 1. The van der Waals surface area contributed by atoms with Crippen LogP contribution in [0.5, 0.6) is 0 Å². The maximum atomic E-state index is 10.8. The Hall–Kier alpha value is -1.22. The smallest absolute Gasteiger partial charge is 0.337 e. The molecular weight excluding hydrogens is 202 g/mol. The van der Waals surface area contributed by atoms with Crippen molar-refractivity contribution in [3.8, 4) is 0 Å². The zero-order chi connectivity index (χ0) is 10.3. The van der Waals surface area contributed by atoms with E-state index < -0.39 is 5.97 Å². The Bertz CT molecular complexity index is 403. The average molecular weight is 212 g/mol. The fraction of sp³-hybridized carbons (Fsp3) is 0.300. The third kappa shape index (κ3) is 1.34. The van der Waals surface area contributed by atoms with Gasteiger partial charge in [0.25, 0.3) is 0 Å². The molecule has 4 heteroatoms. The Morgan fingerprint density at radius 1 is 1.57 bits per heavy atom. The minimum Gasteiger partial charge on any atom is -0.478 e. The van der Waals surface area contributed by atoms with Gasteiger partial charge in [0, 0.05) is 19.3 Å². The van der Waals surface area contributed by atoms with Crippen molar-refractivity contribution in [2.45, 2.75) is 6.42 Å². The zero-order valence-electron chi connectivity index (χ0n) is 7.75. The first-order valence-electron chi connectivity index (χ1n) is 4.36. The van der Waals surface area contributed by atoms with E-state index in [2.05, 4.69) is 4.90 Å². The summed E-state index contributed by atoms with van der Waals surface area (Å²) in [5.41, 5.74) is 2.30. The van der Waals surface area contributed by atoms with Crippen LogP contribution in [0.25, 0.3) is 0 Å². The number of likely N-dealkylation sites (N-methyl/N-ethyl adjacent to an activating group) is 1. The highest BCUT2D eigenvalue weighted by molar-refractivity contribution is 6.33. The average Bonchev–Trinajstić information content (AvgIpc) is 2.46. The molecule has 0 spiro atoms. The molecule has 1 N–H and O–H groups in total. The Kier molecular flexibility index (Phi) is 2.11. The SMILES string of the molecule is CN1CCc2cc(C(=O)O)c(Cl)cc21. The number of halogens is 1. The molecule has 0 bridgehead atoms. The monoisotopic (exact) mass is 211 g/mol. The van der Waals surface area contributed by atoms with Crippen molar-refractivity contribution >= 4 is 23.3 Å². The molecular formula is C10H10ClNO2. The van der Waals surface area contributed by atoms with Crippen LogP contribution in [0.2, 0.25) is 5.02 Å². The maximum Gasteiger partial charge on any atom is 0.337 e. The molecule has 14 heavy (non-hydrogen) atoms. The summed E-state index contributed by atoms with van der Waals surface area (Å²) in [5.74, 6) is -0.965. The lowest BCUT2D eigenvalue weighted by Crippen LogP contribution is -2.12. The van der Waals surface area contributed by atoms with Crippen molar-refractivity contribution in [2.24, 2.45) is 0 Å². The van der Waals surface area contributed by atoms with Gasteiger partial charge < -0.3 is 10.0 Å². The van der Waals surface area contributed by atoms with Gasteiger partial charge in [-0.1, -0.05) is 11.6 Å². The predicted octanol–water partition coefficient (Wildman–Crippen LogP) is 2.03. The fourth-order valence-corrected chi connectivity index (χ4v) is 1.97. The molecule has 2 rings (SSSR count). The van der Waals surface area contributed by atoms with Gasteiger partial charge in [-0.3, -0.25) is 0 Å². The molecule has 1 aromatic rings. The minimum atomic E-state index is -0.965. The molecule has 0 aromatic heterocycles. The largest absolute Gasteiger partial charge is 0.478 e. The lowest BCUT2D eigenvalue weighted by atomic mass is 10.1. The standard InChI is InChI=1S/C10H10ClNO2/c1-12-3-2-6-4-7(10(13)14)8(11)5-9(6)12/h4-5H,2-3H2,1H3,(H,13,14). The van der Waals surface area contributed by atoms with Crippen LogP contribution in [0.4, 0.5) is 5.69 Å². The molecule has 0 saturated carbocycles. The van der Waals surface area contributed by atoms with Crippen molar-refractivity contribution in [3.05, 3.63) is 28.3 Å². The Morgan fingerprint density at radius 2 is 2.29 bits per heavy atom. The van der Waals surface area contributed by atoms with Gasteiger partial charge >= 0.3 is 5.97 Å². The molecule has 0 aliphatic carbocycles. The first-order valence-corrected chi connectivity index (χ1v) is 4.74.